The van der Waals surface area contributed by atoms with Gasteiger partial charge in [0.05, 0.1) is 18.2 Å². The third kappa shape index (κ3) is 3.70. The number of guanidine groups is 1. The molecule has 172 valence electrons. The van der Waals surface area contributed by atoms with Gasteiger partial charge in [0.2, 0.25) is 5.91 Å². The zero-order valence-corrected chi connectivity index (χ0v) is 19.2. The molecule has 0 unspecified atom stereocenters. The van der Waals surface area contributed by atoms with Crippen molar-refractivity contribution in [1.82, 2.24) is 15.5 Å². The highest BCUT2D eigenvalue weighted by Gasteiger charge is 2.43. The van der Waals surface area contributed by atoms with Gasteiger partial charge in [-0.25, -0.2) is 0 Å². The molecule has 33 heavy (non-hydrogen) atoms. The molecular weight excluding hydrogens is 416 g/mol. The lowest BCUT2D eigenvalue weighted by Gasteiger charge is -2.41. The highest BCUT2D eigenvalue weighted by atomic mass is 16.3. The predicted octanol–water partition coefficient (Wildman–Crippen LogP) is 3.16. The van der Waals surface area contributed by atoms with Gasteiger partial charge in [-0.3, -0.25) is 19.9 Å². The first kappa shape index (κ1) is 21.6. The number of nitrogens with zero attached hydrogens (tertiary/aromatic N) is 1. The largest absolute Gasteiger partial charge is 0.390 e. The van der Waals surface area contributed by atoms with Crippen LogP contribution in [0, 0.1) is 5.41 Å². The number of fused-ring (bicyclic) bond motifs is 2. The summed E-state index contributed by atoms with van der Waals surface area (Å²) in [6.07, 6.45) is 0.891. The number of hydrogen-bond acceptors (Lipinski definition) is 4. The van der Waals surface area contributed by atoms with Crippen molar-refractivity contribution < 1.29 is 14.7 Å². The van der Waals surface area contributed by atoms with Crippen LogP contribution in [0.5, 0.6) is 0 Å². The second-order valence-corrected chi connectivity index (χ2v) is 10.2. The van der Waals surface area contributed by atoms with Crippen LogP contribution in [0.3, 0.4) is 0 Å². The lowest BCUT2D eigenvalue weighted by Crippen LogP contribution is -2.60. The average Bonchev–Trinajstić information content (AvgIpc) is 3.23. The minimum absolute atomic E-state index is 0.0747. The molecule has 0 spiro atoms. The highest BCUT2D eigenvalue weighted by Crippen LogP contribution is 2.45. The number of carbonyl (C=O) groups excluding carboxylic acids is 2. The number of aliphatic hydroxyl groups excluding tert-OH is 1. The van der Waals surface area contributed by atoms with E-state index in [2.05, 4.69) is 17.6 Å². The molecule has 3 aliphatic rings. The highest BCUT2D eigenvalue weighted by molar-refractivity contribution is 6.00. The van der Waals surface area contributed by atoms with E-state index in [1.165, 1.54) is 0 Å². The van der Waals surface area contributed by atoms with Crippen molar-refractivity contribution in [3.63, 3.8) is 0 Å². The lowest BCUT2D eigenvalue weighted by molar-refractivity contribution is -0.132. The van der Waals surface area contributed by atoms with E-state index in [4.69, 9.17) is 5.41 Å². The van der Waals surface area contributed by atoms with Crippen molar-refractivity contribution in [3.8, 4) is 0 Å². The Morgan fingerprint density at radius 2 is 1.94 bits per heavy atom. The van der Waals surface area contributed by atoms with E-state index in [1.54, 1.807) is 4.90 Å². The minimum Gasteiger partial charge on any atom is -0.390 e. The molecule has 5 rings (SSSR count). The Morgan fingerprint density at radius 1 is 1.18 bits per heavy atom. The number of rotatable bonds is 3. The van der Waals surface area contributed by atoms with Crippen molar-refractivity contribution >= 4 is 17.8 Å². The Kier molecular flexibility index (Phi) is 5.05. The molecule has 7 heteroatoms. The molecule has 4 N–H and O–H groups in total. The number of carbonyl (C=O) groups is 2. The van der Waals surface area contributed by atoms with E-state index in [0.717, 1.165) is 22.3 Å². The van der Waals surface area contributed by atoms with Gasteiger partial charge in [-0.1, -0.05) is 37.3 Å². The van der Waals surface area contributed by atoms with Crippen molar-refractivity contribution in [2.75, 3.05) is 0 Å². The molecule has 7 nitrogen and oxygen atoms in total. The molecule has 0 aromatic heterocycles. The Morgan fingerprint density at radius 3 is 2.70 bits per heavy atom. The molecule has 4 atom stereocenters. The topological polar surface area (TPSA) is 106 Å². The third-order valence-electron chi connectivity index (χ3n) is 7.18. The maximum atomic E-state index is 13.2. The van der Waals surface area contributed by atoms with E-state index in [0.29, 0.717) is 24.8 Å². The number of nitrogens with one attached hydrogen (secondary N) is 3. The van der Waals surface area contributed by atoms with Crippen LogP contribution < -0.4 is 10.6 Å². The molecule has 1 heterocycles. The fraction of sp³-hybridized carbons (Fsp3) is 0.423. The first-order valence-corrected chi connectivity index (χ1v) is 11.5. The van der Waals surface area contributed by atoms with Gasteiger partial charge in [0.25, 0.3) is 5.91 Å². The van der Waals surface area contributed by atoms with Crippen molar-refractivity contribution in [2.24, 2.45) is 0 Å². The van der Waals surface area contributed by atoms with Crippen molar-refractivity contribution in [2.45, 2.75) is 69.7 Å². The number of amides is 2. The van der Waals surface area contributed by atoms with Crippen molar-refractivity contribution in [3.05, 3.63) is 70.3 Å². The fourth-order valence-electron chi connectivity index (χ4n) is 5.60. The van der Waals surface area contributed by atoms with E-state index in [1.807, 2.05) is 56.3 Å². The van der Waals surface area contributed by atoms with Crippen molar-refractivity contribution in [1.29, 1.82) is 5.41 Å². The second kappa shape index (κ2) is 7.70. The summed E-state index contributed by atoms with van der Waals surface area (Å²) in [5.74, 6) is 0.00789. The van der Waals surface area contributed by atoms with Gasteiger partial charge in [0, 0.05) is 23.9 Å². The van der Waals surface area contributed by atoms with E-state index in [-0.39, 0.29) is 29.7 Å². The normalized spacial score (nSPS) is 27.7. The van der Waals surface area contributed by atoms with Crippen LogP contribution >= 0.6 is 0 Å². The van der Waals surface area contributed by atoms with Crippen LogP contribution in [0.25, 0.3) is 0 Å². The summed E-state index contributed by atoms with van der Waals surface area (Å²) in [5, 5.41) is 25.1. The maximum absolute atomic E-state index is 13.2. The summed E-state index contributed by atoms with van der Waals surface area (Å²) < 4.78 is 0. The molecule has 0 saturated carbocycles. The zero-order chi connectivity index (χ0) is 23.5. The van der Waals surface area contributed by atoms with Crippen LogP contribution in [-0.4, -0.2) is 39.4 Å². The molecule has 2 aromatic rings. The summed E-state index contributed by atoms with van der Waals surface area (Å²) in [7, 11) is 0. The second-order valence-electron chi connectivity index (χ2n) is 10.2. The third-order valence-corrected chi connectivity index (χ3v) is 7.18. The standard InChI is InChI=1S/C26H30N4O3/c1-14-10-20(30-22(32)13-26(2,3)29-25(30)27)19-11-16(8-9-17(14)19)24(33)28-23-18-7-5-4-6-15(18)12-21(23)31/h4-9,11,14,20-21,23,31H,10,12-13H2,1-3H3,(H2,27,29)(H,28,33)/t14-,20-,21-,23-/m1/s1. The predicted molar refractivity (Wildman–Crippen MR) is 125 cm³/mol. The fourth-order valence-corrected chi connectivity index (χ4v) is 5.60. The Balaban J connectivity index is 1.42. The SMILES string of the molecule is C[C@@H]1C[C@@H](N2C(=N)NC(C)(C)CC2=O)c2cc(C(=O)N[C@@H]3c4ccccc4C[C@H]3O)ccc21. The van der Waals surface area contributed by atoms with Gasteiger partial charge >= 0.3 is 0 Å². The summed E-state index contributed by atoms with van der Waals surface area (Å²) in [4.78, 5) is 27.7. The maximum Gasteiger partial charge on any atom is 0.251 e. The van der Waals surface area contributed by atoms with E-state index >= 15 is 0 Å². The van der Waals surface area contributed by atoms with Crippen LogP contribution in [0.1, 0.15) is 84.2 Å². The quantitative estimate of drug-likeness (QED) is 0.581. The van der Waals surface area contributed by atoms with Gasteiger partial charge in [0.1, 0.15) is 0 Å². The zero-order valence-electron chi connectivity index (χ0n) is 19.2. The first-order valence-electron chi connectivity index (χ1n) is 11.5. The summed E-state index contributed by atoms with van der Waals surface area (Å²) in [5.41, 5.74) is 4.07. The molecule has 1 aliphatic heterocycles. The molecule has 2 aromatic carbocycles. The lowest BCUT2D eigenvalue weighted by atomic mass is 9.95. The van der Waals surface area contributed by atoms with Gasteiger partial charge < -0.3 is 15.7 Å². The molecule has 0 bridgehead atoms. The number of aliphatic hydroxyl groups is 1. The van der Waals surface area contributed by atoms with Gasteiger partial charge in [-0.2, -0.15) is 0 Å². The summed E-state index contributed by atoms with van der Waals surface area (Å²) in [6.45, 7) is 5.94. The summed E-state index contributed by atoms with van der Waals surface area (Å²) >= 11 is 0. The molecule has 0 radical (unpaired) electrons. The Hall–Kier alpha value is -3.19. The molecule has 1 saturated heterocycles. The molecule has 1 fully saturated rings. The van der Waals surface area contributed by atoms with E-state index in [9.17, 15) is 14.7 Å². The smallest absolute Gasteiger partial charge is 0.251 e. The van der Waals surface area contributed by atoms with Crippen LogP contribution in [0.15, 0.2) is 42.5 Å². The number of hydrogen-bond donors (Lipinski definition) is 4. The van der Waals surface area contributed by atoms with Crippen LogP contribution in [-0.2, 0) is 11.2 Å². The van der Waals surface area contributed by atoms with Gasteiger partial charge in [-0.15, -0.1) is 0 Å². The van der Waals surface area contributed by atoms with Gasteiger partial charge in [-0.05, 0) is 60.6 Å². The average molecular weight is 447 g/mol. The molecule has 2 amide bonds. The minimum atomic E-state index is -0.658. The Labute approximate surface area is 193 Å². The van der Waals surface area contributed by atoms with Crippen LogP contribution in [0.4, 0.5) is 0 Å². The Bertz CT molecular complexity index is 1140. The van der Waals surface area contributed by atoms with E-state index < -0.39 is 17.7 Å². The summed E-state index contributed by atoms with van der Waals surface area (Å²) in [6, 6.07) is 12.7. The monoisotopic (exact) mass is 446 g/mol. The van der Waals surface area contributed by atoms with Crippen LogP contribution in [0.2, 0.25) is 0 Å². The molecular formula is C26H30N4O3. The number of benzene rings is 2. The van der Waals surface area contributed by atoms with Gasteiger partial charge in [0.15, 0.2) is 5.96 Å². The molecule has 2 aliphatic carbocycles. The first-order chi connectivity index (χ1) is 15.6.